The van der Waals surface area contributed by atoms with Crippen molar-refractivity contribution >= 4 is 11.7 Å². The van der Waals surface area contributed by atoms with Gasteiger partial charge >= 0.3 is 0 Å². The number of aryl methyl sites for hydroxylation is 3. The van der Waals surface area contributed by atoms with Gasteiger partial charge in [-0.05, 0) is 55.7 Å². The lowest BCUT2D eigenvalue weighted by atomic mass is 10.0. The predicted octanol–water partition coefficient (Wildman–Crippen LogP) is 3.74. The highest BCUT2D eigenvalue weighted by Crippen LogP contribution is 2.32. The maximum atomic E-state index is 12.8. The molecule has 132 valence electrons. The number of para-hydroxylation sites is 1. The Morgan fingerprint density at radius 2 is 1.85 bits per heavy atom. The average Bonchev–Trinajstić information content (AvgIpc) is 3.20. The molecule has 1 aliphatic rings. The topological polar surface area (TPSA) is 56.1 Å². The number of nitrogens with one attached hydrogen (secondary N) is 1. The first-order valence-corrected chi connectivity index (χ1v) is 8.70. The first-order valence-electron chi connectivity index (χ1n) is 8.70. The van der Waals surface area contributed by atoms with E-state index in [0.717, 1.165) is 22.6 Å². The smallest absolute Gasteiger partial charge is 0.266 e. The summed E-state index contributed by atoms with van der Waals surface area (Å²) in [5, 5.41) is 7.39. The second kappa shape index (κ2) is 6.33. The molecule has 3 aromatic rings. The maximum absolute atomic E-state index is 12.8. The first kappa shape index (κ1) is 16.4. The largest absolute Gasteiger partial charge is 0.480 e. The number of ether oxygens (including phenoxy) is 1. The summed E-state index contributed by atoms with van der Waals surface area (Å²) in [5.74, 6) is 1.33. The zero-order chi connectivity index (χ0) is 18.3. The minimum absolute atomic E-state index is 0.155. The molecule has 1 aromatic heterocycles. The summed E-state index contributed by atoms with van der Waals surface area (Å²) in [6.45, 7) is 6.05. The van der Waals surface area contributed by atoms with E-state index in [-0.39, 0.29) is 5.91 Å². The Labute approximate surface area is 152 Å². The van der Waals surface area contributed by atoms with Gasteiger partial charge in [-0.2, -0.15) is 5.10 Å². The van der Waals surface area contributed by atoms with Gasteiger partial charge in [0.15, 0.2) is 6.10 Å². The minimum atomic E-state index is -0.523. The van der Waals surface area contributed by atoms with Crippen molar-refractivity contribution < 1.29 is 9.53 Å². The average molecular weight is 347 g/mol. The Hall–Kier alpha value is -3.08. The number of amides is 1. The number of benzene rings is 2. The molecule has 0 radical (unpaired) electrons. The summed E-state index contributed by atoms with van der Waals surface area (Å²) >= 11 is 0. The van der Waals surface area contributed by atoms with Gasteiger partial charge in [0.1, 0.15) is 11.6 Å². The third-order valence-electron chi connectivity index (χ3n) is 4.84. The highest BCUT2D eigenvalue weighted by molar-refractivity contribution is 5.95. The van der Waals surface area contributed by atoms with Crippen LogP contribution in [0.4, 0.5) is 5.82 Å². The number of nitrogens with zero attached hydrogens (tertiary/aromatic N) is 2. The molecule has 1 aliphatic heterocycles. The second-order valence-corrected chi connectivity index (χ2v) is 6.77. The van der Waals surface area contributed by atoms with Crippen LogP contribution in [0.25, 0.3) is 5.69 Å². The fraction of sp³-hybridized carbons (Fsp3) is 0.238. The molecule has 0 saturated carbocycles. The zero-order valence-corrected chi connectivity index (χ0v) is 15.1. The molecule has 0 saturated heterocycles. The normalized spacial score (nSPS) is 15.4. The van der Waals surface area contributed by atoms with E-state index in [4.69, 9.17) is 4.74 Å². The molecule has 1 amide bonds. The molecule has 1 atom stereocenters. The van der Waals surface area contributed by atoms with Gasteiger partial charge in [-0.25, -0.2) is 4.68 Å². The lowest BCUT2D eigenvalue weighted by molar-refractivity contribution is -0.122. The van der Waals surface area contributed by atoms with Crippen LogP contribution in [0, 0.1) is 20.8 Å². The van der Waals surface area contributed by atoms with Gasteiger partial charge in [0.05, 0.1) is 11.9 Å². The number of aromatic nitrogens is 2. The van der Waals surface area contributed by atoms with Crippen LogP contribution in [0.3, 0.4) is 0 Å². The Morgan fingerprint density at radius 3 is 2.62 bits per heavy atom. The lowest BCUT2D eigenvalue weighted by Gasteiger charge is -2.14. The van der Waals surface area contributed by atoms with Crippen LogP contribution in [0.15, 0.2) is 48.7 Å². The molecule has 2 aromatic carbocycles. The van der Waals surface area contributed by atoms with Crippen molar-refractivity contribution in [2.24, 2.45) is 0 Å². The van der Waals surface area contributed by atoms with E-state index in [0.29, 0.717) is 12.2 Å². The second-order valence-electron chi connectivity index (χ2n) is 6.77. The van der Waals surface area contributed by atoms with Gasteiger partial charge in [0.25, 0.3) is 5.91 Å². The lowest BCUT2D eigenvalue weighted by Crippen LogP contribution is -2.32. The van der Waals surface area contributed by atoms with E-state index >= 15 is 0 Å². The molecular weight excluding hydrogens is 326 g/mol. The summed E-state index contributed by atoms with van der Waals surface area (Å²) < 4.78 is 7.64. The van der Waals surface area contributed by atoms with Crippen molar-refractivity contribution in [3.63, 3.8) is 0 Å². The third-order valence-corrected chi connectivity index (χ3v) is 4.84. The number of rotatable bonds is 3. The number of hydrogen-bond donors (Lipinski definition) is 1. The highest BCUT2D eigenvalue weighted by Gasteiger charge is 2.30. The molecule has 0 aliphatic carbocycles. The number of carbonyl (C=O) groups is 1. The van der Waals surface area contributed by atoms with E-state index < -0.39 is 6.10 Å². The number of carbonyl (C=O) groups excluding carboxylic acids is 1. The van der Waals surface area contributed by atoms with Gasteiger partial charge in [0.2, 0.25) is 0 Å². The van der Waals surface area contributed by atoms with Gasteiger partial charge in [-0.3, -0.25) is 4.79 Å². The summed E-state index contributed by atoms with van der Waals surface area (Å²) in [6.07, 6.45) is 1.81. The summed E-state index contributed by atoms with van der Waals surface area (Å²) in [6, 6.07) is 13.9. The summed E-state index contributed by atoms with van der Waals surface area (Å²) in [5.41, 5.74) is 5.28. The molecule has 0 fully saturated rings. The molecule has 5 heteroatoms. The molecule has 0 unspecified atom stereocenters. The van der Waals surface area contributed by atoms with Crippen LogP contribution in [-0.4, -0.2) is 21.8 Å². The van der Waals surface area contributed by atoms with Crippen molar-refractivity contribution in [2.75, 3.05) is 5.32 Å². The molecule has 4 rings (SSSR count). The fourth-order valence-electron chi connectivity index (χ4n) is 3.20. The van der Waals surface area contributed by atoms with Crippen molar-refractivity contribution in [2.45, 2.75) is 33.3 Å². The SMILES string of the molecule is Cc1cc2c(cc1C)O[C@H](C(=O)Nc1c(C)cnn1-c1ccccc1)C2. The Bertz CT molecular complexity index is 945. The van der Waals surface area contributed by atoms with Crippen LogP contribution < -0.4 is 10.1 Å². The fourth-order valence-corrected chi connectivity index (χ4v) is 3.20. The monoisotopic (exact) mass is 347 g/mol. The molecule has 2 heterocycles. The van der Waals surface area contributed by atoms with Gasteiger partial charge in [0, 0.05) is 12.0 Å². The van der Waals surface area contributed by atoms with Crippen molar-refractivity contribution in [3.05, 3.63) is 70.9 Å². The third kappa shape index (κ3) is 2.86. The van der Waals surface area contributed by atoms with Gasteiger partial charge in [-0.1, -0.05) is 24.3 Å². The standard InChI is InChI=1S/C21H21N3O2/c1-13-9-16-11-19(26-18(16)10-14(13)2)21(25)23-20-15(3)12-22-24(20)17-7-5-4-6-8-17/h4-10,12,19H,11H2,1-3H3,(H,23,25)/t19-/m0/s1. The van der Waals surface area contributed by atoms with E-state index in [9.17, 15) is 4.79 Å². The summed E-state index contributed by atoms with van der Waals surface area (Å²) in [7, 11) is 0. The van der Waals surface area contributed by atoms with E-state index in [2.05, 4.69) is 23.4 Å². The quantitative estimate of drug-likeness (QED) is 0.785. The summed E-state index contributed by atoms with van der Waals surface area (Å²) in [4.78, 5) is 12.8. The molecule has 5 nitrogen and oxygen atoms in total. The minimum Gasteiger partial charge on any atom is -0.480 e. The molecular formula is C21H21N3O2. The Morgan fingerprint density at radius 1 is 1.12 bits per heavy atom. The Kier molecular flexibility index (Phi) is 3.99. The number of anilines is 1. The molecule has 1 N–H and O–H groups in total. The van der Waals surface area contributed by atoms with Crippen LogP contribution in [0.2, 0.25) is 0 Å². The van der Waals surface area contributed by atoms with Crippen molar-refractivity contribution in [1.29, 1.82) is 0 Å². The van der Waals surface area contributed by atoms with Crippen LogP contribution in [-0.2, 0) is 11.2 Å². The maximum Gasteiger partial charge on any atom is 0.266 e. The van der Waals surface area contributed by atoms with Crippen molar-refractivity contribution in [3.8, 4) is 11.4 Å². The number of hydrogen-bond acceptors (Lipinski definition) is 3. The van der Waals surface area contributed by atoms with Gasteiger partial charge in [-0.15, -0.1) is 0 Å². The number of fused-ring (bicyclic) bond motifs is 1. The van der Waals surface area contributed by atoms with Crippen LogP contribution in [0.1, 0.15) is 22.3 Å². The van der Waals surface area contributed by atoms with E-state index in [1.54, 1.807) is 10.9 Å². The first-order chi connectivity index (χ1) is 12.5. The van der Waals surface area contributed by atoms with Crippen LogP contribution >= 0.6 is 0 Å². The molecule has 0 bridgehead atoms. The Balaban J connectivity index is 1.56. The molecule has 0 spiro atoms. The van der Waals surface area contributed by atoms with Gasteiger partial charge < -0.3 is 10.1 Å². The van der Waals surface area contributed by atoms with Crippen LogP contribution in [0.5, 0.6) is 5.75 Å². The van der Waals surface area contributed by atoms with E-state index in [1.165, 1.54) is 11.1 Å². The highest BCUT2D eigenvalue weighted by atomic mass is 16.5. The molecule has 26 heavy (non-hydrogen) atoms. The van der Waals surface area contributed by atoms with Crippen molar-refractivity contribution in [1.82, 2.24) is 9.78 Å². The predicted molar refractivity (Wildman–Crippen MR) is 101 cm³/mol. The zero-order valence-electron chi connectivity index (χ0n) is 15.1. The van der Waals surface area contributed by atoms with E-state index in [1.807, 2.05) is 50.2 Å².